The molecule has 2 heterocycles. The smallest absolute Gasteiger partial charge is 0.154 e. The van der Waals surface area contributed by atoms with Crippen LogP contribution in [0.25, 0.3) is 0 Å². The fourth-order valence-corrected chi connectivity index (χ4v) is 4.78. The lowest BCUT2D eigenvalue weighted by molar-refractivity contribution is 0.397. The summed E-state index contributed by atoms with van der Waals surface area (Å²) in [5.41, 5.74) is -0.267. The van der Waals surface area contributed by atoms with Gasteiger partial charge in [-0.2, -0.15) is 0 Å². The van der Waals surface area contributed by atoms with Crippen molar-refractivity contribution in [2.24, 2.45) is 0 Å². The first-order chi connectivity index (χ1) is 8.31. The Kier molecular flexibility index (Phi) is 3.80. The summed E-state index contributed by atoms with van der Waals surface area (Å²) in [5.74, 6) is 0.343. The summed E-state index contributed by atoms with van der Waals surface area (Å²) in [4.78, 5) is 5.55. The molecular weight excluding hydrogens is 268 g/mol. The molecule has 0 aliphatic carbocycles. The lowest BCUT2D eigenvalue weighted by Gasteiger charge is -2.25. The summed E-state index contributed by atoms with van der Waals surface area (Å²) in [5, 5.41) is 4.14. The van der Waals surface area contributed by atoms with Gasteiger partial charge in [0.2, 0.25) is 0 Å². The van der Waals surface area contributed by atoms with Crippen molar-refractivity contribution in [2.45, 2.75) is 44.4 Å². The topological polar surface area (TPSA) is 59.1 Å². The summed E-state index contributed by atoms with van der Waals surface area (Å²) < 4.78 is 23.5. The standard InChI is InChI=1S/C12H20N2O2S2/c1-9-7-13-11(17-9)12(2,3)14-8-10-5-4-6-18(10,15)16/h7,10,14H,4-6,8H2,1-3H3. The maximum atomic E-state index is 11.8. The van der Waals surface area contributed by atoms with Gasteiger partial charge in [0.25, 0.3) is 0 Å². The van der Waals surface area contributed by atoms with Gasteiger partial charge in [-0.3, -0.25) is 0 Å². The number of rotatable bonds is 4. The van der Waals surface area contributed by atoms with E-state index in [4.69, 9.17) is 0 Å². The van der Waals surface area contributed by atoms with E-state index in [1.54, 1.807) is 11.3 Å². The Morgan fingerprint density at radius 2 is 2.28 bits per heavy atom. The van der Waals surface area contributed by atoms with Crippen molar-refractivity contribution in [3.63, 3.8) is 0 Å². The molecule has 1 aromatic rings. The molecule has 1 aliphatic rings. The molecule has 0 saturated carbocycles. The van der Waals surface area contributed by atoms with Crippen LogP contribution >= 0.6 is 11.3 Å². The second-order valence-corrected chi connectivity index (χ2v) is 9.05. The quantitative estimate of drug-likeness (QED) is 0.918. The summed E-state index contributed by atoms with van der Waals surface area (Å²) in [7, 11) is -2.87. The first-order valence-corrected chi connectivity index (χ1v) is 8.74. The van der Waals surface area contributed by atoms with Crippen LogP contribution in [0.4, 0.5) is 0 Å². The number of sulfone groups is 1. The highest BCUT2D eigenvalue weighted by molar-refractivity contribution is 7.92. The zero-order valence-electron chi connectivity index (χ0n) is 11.1. The molecular formula is C12H20N2O2S2. The van der Waals surface area contributed by atoms with Crippen molar-refractivity contribution in [3.05, 3.63) is 16.1 Å². The molecule has 0 aromatic carbocycles. The van der Waals surface area contributed by atoms with Crippen molar-refractivity contribution in [1.29, 1.82) is 0 Å². The normalized spacial score (nSPS) is 23.4. The van der Waals surface area contributed by atoms with Gasteiger partial charge >= 0.3 is 0 Å². The third kappa shape index (κ3) is 2.92. The van der Waals surface area contributed by atoms with E-state index in [2.05, 4.69) is 10.3 Å². The monoisotopic (exact) mass is 288 g/mol. The van der Waals surface area contributed by atoms with E-state index in [-0.39, 0.29) is 10.8 Å². The number of nitrogens with one attached hydrogen (secondary N) is 1. The largest absolute Gasteiger partial charge is 0.305 e. The summed E-state index contributed by atoms with van der Waals surface area (Å²) in [6.07, 6.45) is 3.43. The Balaban J connectivity index is 2.01. The lowest BCUT2D eigenvalue weighted by atomic mass is 10.1. The van der Waals surface area contributed by atoms with Gasteiger partial charge in [-0.25, -0.2) is 13.4 Å². The van der Waals surface area contributed by atoms with Gasteiger partial charge in [-0.05, 0) is 33.6 Å². The first-order valence-electron chi connectivity index (χ1n) is 6.21. The van der Waals surface area contributed by atoms with Gasteiger partial charge < -0.3 is 5.32 Å². The van der Waals surface area contributed by atoms with Gasteiger partial charge in [0.15, 0.2) is 9.84 Å². The van der Waals surface area contributed by atoms with Crippen molar-refractivity contribution in [2.75, 3.05) is 12.3 Å². The fraction of sp³-hybridized carbons (Fsp3) is 0.750. The number of nitrogens with zero attached hydrogens (tertiary/aromatic N) is 1. The second kappa shape index (κ2) is 4.90. The number of hydrogen-bond donors (Lipinski definition) is 1. The molecule has 1 aromatic heterocycles. The number of hydrogen-bond acceptors (Lipinski definition) is 5. The molecule has 18 heavy (non-hydrogen) atoms. The number of thiazole rings is 1. The molecule has 0 amide bonds. The fourth-order valence-electron chi connectivity index (χ4n) is 2.18. The molecule has 1 aliphatic heterocycles. The molecule has 4 nitrogen and oxygen atoms in total. The average Bonchev–Trinajstić information content (AvgIpc) is 2.82. The van der Waals surface area contributed by atoms with E-state index in [0.717, 1.165) is 17.8 Å². The molecule has 1 unspecified atom stereocenters. The van der Waals surface area contributed by atoms with Crippen LogP contribution in [0, 0.1) is 6.92 Å². The maximum absolute atomic E-state index is 11.8. The second-order valence-electron chi connectivity index (χ2n) is 5.41. The maximum Gasteiger partial charge on any atom is 0.154 e. The van der Waals surface area contributed by atoms with E-state index < -0.39 is 9.84 Å². The Morgan fingerprint density at radius 3 is 2.78 bits per heavy atom. The van der Waals surface area contributed by atoms with E-state index in [9.17, 15) is 8.42 Å². The molecule has 2 rings (SSSR count). The highest BCUT2D eigenvalue weighted by Gasteiger charge is 2.33. The third-order valence-electron chi connectivity index (χ3n) is 3.39. The van der Waals surface area contributed by atoms with Gasteiger partial charge in [0, 0.05) is 17.6 Å². The molecule has 0 spiro atoms. The Morgan fingerprint density at radius 1 is 1.56 bits per heavy atom. The average molecular weight is 288 g/mol. The molecule has 0 bridgehead atoms. The minimum Gasteiger partial charge on any atom is -0.305 e. The van der Waals surface area contributed by atoms with Crippen LogP contribution in [-0.2, 0) is 15.4 Å². The van der Waals surface area contributed by atoms with Crippen LogP contribution in [0.5, 0.6) is 0 Å². The molecule has 1 fully saturated rings. The van der Waals surface area contributed by atoms with Crippen LogP contribution in [0.3, 0.4) is 0 Å². The zero-order chi connectivity index (χ0) is 13.4. The first kappa shape index (κ1) is 14.0. The molecule has 1 N–H and O–H groups in total. The van der Waals surface area contributed by atoms with Crippen LogP contribution < -0.4 is 5.32 Å². The van der Waals surface area contributed by atoms with E-state index >= 15 is 0 Å². The van der Waals surface area contributed by atoms with Gasteiger partial charge in [0.05, 0.1) is 16.5 Å². The van der Waals surface area contributed by atoms with E-state index in [0.29, 0.717) is 12.3 Å². The highest BCUT2D eigenvalue weighted by atomic mass is 32.2. The predicted molar refractivity (Wildman–Crippen MR) is 74.7 cm³/mol. The highest BCUT2D eigenvalue weighted by Crippen LogP contribution is 2.26. The summed E-state index contributed by atoms with van der Waals surface area (Å²) >= 11 is 1.65. The van der Waals surface area contributed by atoms with Crippen molar-refractivity contribution >= 4 is 21.2 Å². The van der Waals surface area contributed by atoms with Crippen molar-refractivity contribution in [3.8, 4) is 0 Å². The van der Waals surface area contributed by atoms with Gasteiger partial charge in [0.1, 0.15) is 5.01 Å². The van der Waals surface area contributed by atoms with Crippen LogP contribution in [-0.4, -0.2) is 30.9 Å². The minimum atomic E-state index is -2.87. The van der Waals surface area contributed by atoms with Gasteiger partial charge in [-0.15, -0.1) is 11.3 Å². The SMILES string of the molecule is Cc1cnc(C(C)(C)NCC2CCCS2(=O)=O)s1. The van der Waals surface area contributed by atoms with Crippen LogP contribution in [0.1, 0.15) is 36.6 Å². The number of aromatic nitrogens is 1. The van der Waals surface area contributed by atoms with Crippen LogP contribution in [0.2, 0.25) is 0 Å². The van der Waals surface area contributed by atoms with E-state index in [1.165, 1.54) is 4.88 Å². The molecule has 0 radical (unpaired) electrons. The Labute approximate surface area is 113 Å². The van der Waals surface area contributed by atoms with Crippen molar-refractivity contribution in [1.82, 2.24) is 10.3 Å². The lowest BCUT2D eigenvalue weighted by Crippen LogP contribution is -2.42. The zero-order valence-corrected chi connectivity index (χ0v) is 12.7. The predicted octanol–water partition coefficient (Wildman–Crippen LogP) is 1.85. The molecule has 102 valence electrons. The Hall–Kier alpha value is -0.460. The summed E-state index contributed by atoms with van der Waals surface area (Å²) in [6, 6.07) is 0. The minimum absolute atomic E-state index is 0.224. The van der Waals surface area contributed by atoms with Crippen LogP contribution in [0.15, 0.2) is 6.20 Å². The molecule has 1 saturated heterocycles. The summed E-state index contributed by atoms with van der Waals surface area (Å²) in [6.45, 7) is 6.65. The number of aryl methyl sites for hydroxylation is 1. The Bertz CT molecular complexity index is 520. The molecule has 1 atom stereocenters. The van der Waals surface area contributed by atoms with Crippen molar-refractivity contribution < 1.29 is 8.42 Å². The van der Waals surface area contributed by atoms with E-state index in [1.807, 2.05) is 27.0 Å². The molecule has 6 heteroatoms. The van der Waals surface area contributed by atoms with Gasteiger partial charge in [-0.1, -0.05) is 0 Å². The third-order valence-corrected chi connectivity index (χ3v) is 6.90.